The van der Waals surface area contributed by atoms with E-state index in [1.165, 1.54) is 40.6 Å². The van der Waals surface area contributed by atoms with E-state index >= 15 is 0 Å². The number of likely N-dealkylation sites (tertiary alicyclic amines) is 1. The van der Waals surface area contributed by atoms with Gasteiger partial charge in [-0.2, -0.15) is 0 Å². The average Bonchev–Trinajstić information content (AvgIpc) is 3.12. The van der Waals surface area contributed by atoms with Crippen molar-refractivity contribution in [1.82, 2.24) is 9.88 Å². The van der Waals surface area contributed by atoms with Crippen LogP contribution in [0.25, 0.3) is 0 Å². The number of carbonyl (C=O) groups is 2. The maximum absolute atomic E-state index is 12.8. The van der Waals surface area contributed by atoms with E-state index in [-0.39, 0.29) is 11.5 Å². The van der Waals surface area contributed by atoms with Gasteiger partial charge in [-0.05, 0) is 62.8 Å². The molecule has 1 amide bonds. The van der Waals surface area contributed by atoms with E-state index in [0.29, 0.717) is 18.0 Å². The largest absolute Gasteiger partial charge is 0.478 e. The maximum Gasteiger partial charge on any atom is 0.335 e. The summed E-state index contributed by atoms with van der Waals surface area (Å²) in [5.41, 5.74) is 2.03. The highest BCUT2D eigenvalue weighted by Crippen LogP contribution is 2.35. The van der Waals surface area contributed by atoms with Gasteiger partial charge in [0.05, 0.1) is 16.3 Å². The molecule has 1 fully saturated rings. The number of piperidine rings is 1. The number of thiazole rings is 1. The molecule has 0 radical (unpaired) electrons. The lowest BCUT2D eigenvalue weighted by Gasteiger charge is -2.32. The van der Waals surface area contributed by atoms with Crippen LogP contribution in [-0.2, 0) is 12.8 Å². The molecule has 1 aliphatic heterocycles. The number of aromatic carboxylic acids is 1. The molecule has 2 aliphatic rings. The molecule has 5 nitrogen and oxygen atoms in total. The predicted molar refractivity (Wildman–Crippen MR) is 100 cm³/mol. The highest BCUT2D eigenvalue weighted by molar-refractivity contribution is 7.11. The van der Waals surface area contributed by atoms with E-state index in [1.54, 1.807) is 12.1 Å². The van der Waals surface area contributed by atoms with Crippen LogP contribution in [0.4, 0.5) is 0 Å². The third-order valence-corrected chi connectivity index (χ3v) is 6.62. The molecule has 6 heteroatoms. The number of hydrogen-bond acceptors (Lipinski definition) is 4. The number of carboxylic acids is 1. The predicted octanol–water partition coefficient (Wildman–Crippen LogP) is 3.74. The molecule has 0 bridgehead atoms. The highest BCUT2D eigenvalue weighted by Gasteiger charge is 2.28. The van der Waals surface area contributed by atoms with Crippen LogP contribution in [0.3, 0.4) is 0 Å². The van der Waals surface area contributed by atoms with E-state index in [0.717, 1.165) is 32.2 Å². The Balaban J connectivity index is 1.48. The van der Waals surface area contributed by atoms with E-state index < -0.39 is 5.97 Å². The minimum absolute atomic E-state index is 0.0204. The second-order valence-electron chi connectivity index (χ2n) is 7.10. The van der Waals surface area contributed by atoms with Crippen LogP contribution in [-0.4, -0.2) is 40.0 Å². The maximum atomic E-state index is 12.8. The summed E-state index contributed by atoms with van der Waals surface area (Å²) in [5, 5.41) is 10.2. The number of amides is 1. The Hall–Kier alpha value is -2.21. The van der Waals surface area contributed by atoms with Crippen molar-refractivity contribution >= 4 is 23.2 Å². The first kappa shape index (κ1) is 17.2. The van der Waals surface area contributed by atoms with Gasteiger partial charge in [-0.25, -0.2) is 9.78 Å². The Labute approximate surface area is 156 Å². The van der Waals surface area contributed by atoms with Crippen LogP contribution in [0.1, 0.15) is 67.9 Å². The van der Waals surface area contributed by atoms with E-state index in [1.807, 2.05) is 16.2 Å². The van der Waals surface area contributed by atoms with Gasteiger partial charge in [0.1, 0.15) is 0 Å². The summed E-state index contributed by atoms with van der Waals surface area (Å²) in [5.74, 6) is -0.677. The van der Waals surface area contributed by atoms with Crippen molar-refractivity contribution in [3.8, 4) is 0 Å². The number of benzene rings is 1. The van der Waals surface area contributed by atoms with Gasteiger partial charge in [-0.15, -0.1) is 11.3 Å². The molecule has 1 saturated heterocycles. The van der Waals surface area contributed by atoms with Gasteiger partial charge in [0.2, 0.25) is 0 Å². The molecule has 1 aromatic heterocycles. The van der Waals surface area contributed by atoms with Gasteiger partial charge in [0, 0.05) is 29.4 Å². The molecular weight excluding hydrogens is 348 g/mol. The first-order valence-corrected chi connectivity index (χ1v) is 10.0. The molecule has 0 saturated carbocycles. The van der Waals surface area contributed by atoms with Gasteiger partial charge < -0.3 is 10.0 Å². The number of carboxylic acid groups (broad SMARTS) is 1. The Bertz CT molecular complexity index is 805. The Morgan fingerprint density at radius 2 is 1.81 bits per heavy atom. The third kappa shape index (κ3) is 3.38. The van der Waals surface area contributed by atoms with Gasteiger partial charge in [-0.3, -0.25) is 4.79 Å². The number of rotatable bonds is 3. The molecular formula is C20H22N2O3S. The molecule has 136 valence electrons. The molecule has 1 unspecified atom stereocenters. The average molecular weight is 370 g/mol. The summed E-state index contributed by atoms with van der Waals surface area (Å²) in [7, 11) is 0. The molecule has 4 rings (SSSR count). The lowest BCUT2D eigenvalue weighted by molar-refractivity contribution is 0.0687. The fourth-order valence-electron chi connectivity index (χ4n) is 3.85. The molecule has 1 N–H and O–H groups in total. The van der Waals surface area contributed by atoms with Crippen molar-refractivity contribution in [3.05, 3.63) is 51.0 Å². The zero-order chi connectivity index (χ0) is 18.1. The SMILES string of the molecule is O=C(O)c1ccc(C(=O)N2CCCC(c3nc4c(s3)CCCC4)C2)cc1. The molecule has 1 aromatic carbocycles. The van der Waals surface area contributed by atoms with Crippen LogP contribution in [0.15, 0.2) is 24.3 Å². The van der Waals surface area contributed by atoms with E-state index in [4.69, 9.17) is 10.1 Å². The van der Waals surface area contributed by atoms with Crippen molar-refractivity contribution in [1.29, 1.82) is 0 Å². The van der Waals surface area contributed by atoms with Gasteiger partial charge in [0.25, 0.3) is 5.91 Å². The highest BCUT2D eigenvalue weighted by atomic mass is 32.1. The molecule has 26 heavy (non-hydrogen) atoms. The fraction of sp³-hybridized carbons (Fsp3) is 0.450. The van der Waals surface area contributed by atoms with Crippen molar-refractivity contribution in [2.24, 2.45) is 0 Å². The lowest BCUT2D eigenvalue weighted by Crippen LogP contribution is -2.39. The van der Waals surface area contributed by atoms with Crippen LogP contribution in [0.2, 0.25) is 0 Å². The first-order valence-electron chi connectivity index (χ1n) is 9.23. The lowest BCUT2D eigenvalue weighted by atomic mass is 9.97. The number of carbonyl (C=O) groups excluding carboxylic acids is 1. The van der Waals surface area contributed by atoms with Crippen LogP contribution >= 0.6 is 11.3 Å². The zero-order valence-electron chi connectivity index (χ0n) is 14.6. The Kier molecular flexibility index (Phi) is 4.76. The second-order valence-corrected chi connectivity index (χ2v) is 8.22. The minimum atomic E-state index is -0.977. The summed E-state index contributed by atoms with van der Waals surface area (Å²) < 4.78 is 0. The van der Waals surface area contributed by atoms with Gasteiger partial charge >= 0.3 is 5.97 Å². The molecule has 1 atom stereocenters. The van der Waals surface area contributed by atoms with Crippen molar-refractivity contribution in [2.45, 2.75) is 44.4 Å². The van der Waals surface area contributed by atoms with E-state index in [9.17, 15) is 9.59 Å². The summed E-state index contributed by atoms with van der Waals surface area (Å²) in [6, 6.07) is 6.20. The van der Waals surface area contributed by atoms with Gasteiger partial charge in [0.15, 0.2) is 0 Å². The number of aryl methyl sites for hydroxylation is 2. The van der Waals surface area contributed by atoms with E-state index in [2.05, 4.69) is 0 Å². The number of hydrogen-bond donors (Lipinski definition) is 1. The summed E-state index contributed by atoms with van der Waals surface area (Å²) in [4.78, 5) is 32.0. The zero-order valence-corrected chi connectivity index (χ0v) is 15.4. The number of aromatic nitrogens is 1. The summed E-state index contributed by atoms with van der Waals surface area (Å²) in [6.07, 6.45) is 6.80. The topological polar surface area (TPSA) is 70.5 Å². The molecule has 0 spiro atoms. The second kappa shape index (κ2) is 7.19. The van der Waals surface area contributed by atoms with Crippen LogP contribution in [0.5, 0.6) is 0 Å². The van der Waals surface area contributed by atoms with Crippen molar-refractivity contribution in [2.75, 3.05) is 13.1 Å². The van der Waals surface area contributed by atoms with Crippen LogP contribution < -0.4 is 0 Å². The molecule has 2 heterocycles. The third-order valence-electron chi connectivity index (χ3n) is 5.30. The fourth-order valence-corrected chi connectivity index (χ4v) is 5.13. The van der Waals surface area contributed by atoms with Crippen LogP contribution in [0, 0.1) is 0 Å². The van der Waals surface area contributed by atoms with Crippen molar-refractivity contribution < 1.29 is 14.7 Å². The Morgan fingerprint density at radius 1 is 1.08 bits per heavy atom. The standard InChI is InChI=1S/C20H22N2O3S/c23-19(13-7-9-14(10-8-13)20(24)25)22-11-3-4-15(12-22)18-21-16-5-1-2-6-17(16)26-18/h7-10,15H,1-6,11-12H2,(H,24,25). The first-order chi connectivity index (χ1) is 12.6. The molecule has 1 aliphatic carbocycles. The Morgan fingerprint density at radius 3 is 2.54 bits per heavy atom. The smallest absolute Gasteiger partial charge is 0.335 e. The monoisotopic (exact) mass is 370 g/mol. The van der Waals surface area contributed by atoms with Crippen molar-refractivity contribution in [3.63, 3.8) is 0 Å². The minimum Gasteiger partial charge on any atom is -0.478 e. The molecule has 2 aromatic rings. The summed E-state index contributed by atoms with van der Waals surface area (Å²) >= 11 is 1.84. The number of nitrogens with zero attached hydrogens (tertiary/aromatic N) is 2. The van der Waals surface area contributed by atoms with Gasteiger partial charge in [-0.1, -0.05) is 0 Å². The normalized spacial score (nSPS) is 19.8. The number of fused-ring (bicyclic) bond motifs is 1. The quantitative estimate of drug-likeness (QED) is 0.893. The summed E-state index contributed by atoms with van der Waals surface area (Å²) in [6.45, 7) is 1.45.